The third-order valence-corrected chi connectivity index (χ3v) is 6.34. The van der Waals surface area contributed by atoms with Crippen molar-refractivity contribution in [2.45, 2.75) is 58.5 Å². The summed E-state index contributed by atoms with van der Waals surface area (Å²) in [4.78, 5) is 27.1. The molecule has 1 fully saturated rings. The van der Waals surface area contributed by atoms with Crippen LogP contribution in [0.15, 0.2) is 54.6 Å². The van der Waals surface area contributed by atoms with Gasteiger partial charge in [-0.25, -0.2) is 4.79 Å². The van der Waals surface area contributed by atoms with E-state index in [0.29, 0.717) is 57.7 Å². The molecule has 36 heavy (non-hydrogen) atoms. The molecule has 2 aromatic rings. The number of rotatable bonds is 12. The van der Waals surface area contributed by atoms with Gasteiger partial charge < -0.3 is 29.2 Å². The summed E-state index contributed by atoms with van der Waals surface area (Å²) in [7, 11) is 1.42. The molecule has 3 rings (SSSR count). The topological polar surface area (TPSA) is 86.3 Å². The van der Waals surface area contributed by atoms with Crippen molar-refractivity contribution in [1.29, 1.82) is 0 Å². The van der Waals surface area contributed by atoms with E-state index in [-0.39, 0.29) is 24.0 Å². The number of benzene rings is 2. The Kier molecular flexibility index (Phi) is 11.0. The van der Waals surface area contributed by atoms with Crippen LogP contribution >= 0.6 is 0 Å². The molecule has 0 spiro atoms. The van der Waals surface area contributed by atoms with Crippen LogP contribution in [0.2, 0.25) is 0 Å². The monoisotopic (exact) mass is 498 g/mol. The molecule has 0 unspecified atom stereocenters. The van der Waals surface area contributed by atoms with Crippen molar-refractivity contribution in [1.82, 2.24) is 4.90 Å². The van der Waals surface area contributed by atoms with Crippen LogP contribution in [-0.2, 0) is 25.6 Å². The van der Waals surface area contributed by atoms with E-state index >= 15 is 0 Å². The van der Waals surface area contributed by atoms with Gasteiger partial charge in [-0.05, 0) is 69.4 Å². The Hall–Kier alpha value is -3.10. The molecule has 2 amide bonds. The van der Waals surface area contributed by atoms with E-state index in [4.69, 9.17) is 18.9 Å². The Labute approximate surface area is 213 Å². The summed E-state index contributed by atoms with van der Waals surface area (Å²) in [6.45, 7) is 5.56. The normalized spacial score (nSPS) is 17.4. The Balaban J connectivity index is 1.64. The number of methoxy groups -OCH3 is 1. The predicted molar refractivity (Wildman–Crippen MR) is 138 cm³/mol. The zero-order valence-electron chi connectivity index (χ0n) is 21.5. The molecule has 0 atom stereocenters. The minimum atomic E-state index is -0.516. The lowest BCUT2D eigenvalue weighted by Crippen LogP contribution is -2.49. The lowest BCUT2D eigenvalue weighted by atomic mass is 9.85. The molecular formula is C28H38N2O6. The summed E-state index contributed by atoms with van der Waals surface area (Å²) in [5.41, 5.74) is 1.76. The van der Waals surface area contributed by atoms with Crippen LogP contribution in [0, 0.1) is 5.92 Å². The Morgan fingerprint density at radius 1 is 0.944 bits per heavy atom. The average molecular weight is 499 g/mol. The lowest BCUT2D eigenvalue weighted by molar-refractivity contribution is -0.150. The van der Waals surface area contributed by atoms with Gasteiger partial charge >= 0.3 is 12.0 Å². The molecule has 0 aliphatic heterocycles. The third kappa shape index (κ3) is 8.24. The van der Waals surface area contributed by atoms with Gasteiger partial charge in [-0.2, -0.15) is 0 Å². The summed E-state index contributed by atoms with van der Waals surface area (Å²) in [6.07, 6.45) is 2.28. The van der Waals surface area contributed by atoms with Gasteiger partial charge in [0.25, 0.3) is 0 Å². The summed E-state index contributed by atoms with van der Waals surface area (Å²) < 4.78 is 22.2. The fourth-order valence-electron chi connectivity index (χ4n) is 4.44. The zero-order valence-corrected chi connectivity index (χ0v) is 21.5. The van der Waals surface area contributed by atoms with Gasteiger partial charge in [-0.3, -0.25) is 4.79 Å². The van der Waals surface area contributed by atoms with Gasteiger partial charge in [0.05, 0.1) is 19.6 Å². The van der Waals surface area contributed by atoms with Crippen molar-refractivity contribution >= 4 is 17.7 Å². The quantitative estimate of drug-likeness (QED) is 0.319. The fraction of sp³-hybridized carbons (Fsp3) is 0.500. The Bertz CT molecular complexity index is 923. The summed E-state index contributed by atoms with van der Waals surface area (Å²) in [5.74, 6) is 0.428. The maximum absolute atomic E-state index is 13.4. The molecule has 0 radical (unpaired) electrons. The molecule has 8 heteroatoms. The van der Waals surface area contributed by atoms with Crippen LogP contribution < -0.4 is 10.1 Å². The third-order valence-electron chi connectivity index (χ3n) is 6.34. The van der Waals surface area contributed by atoms with E-state index in [1.54, 1.807) is 4.90 Å². The first-order valence-electron chi connectivity index (χ1n) is 12.7. The van der Waals surface area contributed by atoms with E-state index in [1.165, 1.54) is 7.11 Å². The van der Waals surface area contributed by atoms with Crippen molar-refractivity contribution in [3.8, 4) is 5.75 Å². The molecule has 1 aliphatic carbocycles. The number of carbonyl (C=O) groups excluding carboxylic acids is 2. The van der Waals surface area contributed by atoms with E-state index in [9.17, 15) is 9.59 Å². The molecule has 8 nitrogen and oxygen atoms in total. The number of nitrogens with one attached hydrogen (secondary N) is 1. The van der Waals surface area contributed by atoms with Crippen LogP contribution in [0.5, 0.6) is 5.75 Å². The van der Waals surface area contributed by atoms with Crippen molar-refractivity contribution < 1.29 is 28.5 Å². The second-order valence-electron chi connectivity index (χ2n) is 8.75. The number of esters is 1. The second kappa shape index (κ2) is 14.5. The van der Waals surface area contributed by atoms with Crippen LogP contribution in [-0.4, -0.2) is 56.1 Å². The van der Waals surface area contributed by atoms with Gasteiger partial charge in [0, 0.05) is 24.9 Å². The van der Waals surface area contributed by atoms with E-state index in [1.807, 2.05) is 68.4 Å². The van der Waals surface area contributed by atoms with E-state index in [0.717, 1.165) is 11.3 Å². The molecule has 0 bridgehead atoms. The maximum Gasteiger partial charge on any atom is 0.322 e. The van der Waals surface area contributed by atoms with Crippen LogP contribution in [0.3, 0.4) is 0 Å². The second-order valence-corrected chi connectivity index (χ2v) is 8.75. The first-order chi connectivity index (χ1) is 17.5. The Morgan fingerprint density at radius 3 is 2.17 bits per heavy atom. The number of ether oxygens (including phenoxy) is 4. The molecule has 196 valence electrons. The minimum absolute atomic E-state index is 0.0252. The van der Waals surface area contributed by atoms with Crippen molar-refractivity contribution in [3.63, 3.8) is 0 Å². The van der Waals surface area contributed by atoms with Gasteiger partial charge in [-0.1, -0.05) is 30.3 Å². The predicted octanol–water partition coefficient (Wildman–Crippen LogP) is 5.23. The first-order valence-corrected chi connectivity index (χ1v) is 12.7. The minimum Gasteiger partial charge on any atom is -0.489 e. The first kappa shape index (κ1) is 27.5. The number of urea groups is 1. The Morgan fingerprint density at radius 2 is 1.58 bits per heavy atom. The number of hydrogen-bond donors (Lipinski definition) is 1. The van der Waals surface area contributed by atoms with Crippen LogP contribution in [0.4, 0.5) is 10.5 Å². The highest BCUT2D eigenvalue weighted by molar-refractivity contribution is 5.89. The fourth-order valence-corrected chi connectivity index (χ4v) is 4.44. The van der Waals surface area contributed by atoms with Crippen LogP contribution in [0.1, 0.15) is 45.1 Å². The summed E-state index contributed by atoms with van der Waals surface area (Å²) in [6, 6.07) is 17.0. The largest absolute Gasteiger partial charge is 0.489 e. The van der Waals surface area contributed by atoms with Crippen molar-refractivity contribution in [2.24, 2.45) is 5.92 Å². The number of nitrogens with zero attached hydrogens (tertiary/aromatic N) is 1. The van der Waals surface area contributed by atoms with Crippen LogP contribution in [0.25, 0.3) is 0 Å². The average Bonchev–Trinajstić information content (AvgIpc) is 2.91. The SMILES string of the molecule is CCOC(CN(C(=O)Nc1ccc(OCc2ccccc2)cc1)C1CCC(C(=O)OC)CC1)OCC. The van der Waals surface area contributed by atoms with Gasteiger partial charge in [0.1, 0.15) is 12.4 Å². The molecule has 0 aromatic heterocycles. The highest BCUT2D eigenvalue weighted by Crippen LogP contribution is 2.29. The van der Waals surface area contributed by atoms with Gasteiger partial charge in [0.15, 0.2) is 6.29 Å². The molecule has 1 saturated carbocycles. The number of hydrogen-bond acceptors (Lipinski definition) is 6. The highest BCUT2D eigenvalue weighted by atomic mass is 16.7. The number of amides is 2. The smallest absolute Gasteiger partial charge is 0.322 e. The molecule has 0 saturated heterocycles. The standard InChI is InChI=1S/C28H38N2O6/c1-4-34-26(35-5-2)19-30(24-15-11-22(12-16-24)27(31)33-3)28(32)29-23-13-17-25(18-14-23)36-20-21-9-7-6-8-10-21/h6-10,13-14,17-18,22,24,26H,4-5,11-12,15-16,19-20H2,1-3H3,(H,29,32). The maximum atomic E-state index is 13.4. The summed E-state index contributed by atoms with van der Waals surface area (Å²) >= 11 is 0. The molecular weight excluding hydrogens is 460 g/mol. The van der Waals surface area contributed by atoms with E-state index in [2.05, 4.69) is 5.32 Å². The molecule has 0 heterocycles. The van der Waals surface area contributed by atoms with Gasteiger partial charge in [0.2, 0.25) is 0 Å². The zero-order chi connectivity index (χ0) is 25.8. The highest BCUT2D eigenvalue weighted by Gasteiger charge is 2.33. The van der Waals surface area contributed by atoms with Crippen molar-refractivity contribution in [2.75, 3.05) is 32.2 Å². The lowest BCUT2D eigenvalue weighted by Gasteiger charge is -2.37. The van der Waals surface area contributed by atoms with Crippen molar-refractivity contribution in [3.05, 3.63) is 60.2 Å². The van der Waals surface area contributed by atoms with Gasteiger partial charge in [-0.15, -0.1) is 0 Å². The molecule has 1 aliphatic rings. The molecule has 2 aromatic carbocycles. The number of anilines is 1. The van der Waals surface area contributed by atoms with E-state index < -0.39 is 6.29 Å². The molecule has 1 N–H and O–H groups in total. The summed E-state index contributed by atoms with van der Waals surface area (Å²) in [5, 5.41) is 3.00. The number of carbonyl (C=O) groups is 2.